The number of carbonyl (C=O) groups is 1. The van der Waals surface area contributed by atoms with Crippen molar-refractivity contribution in [3.05, 3.63) is 71.4 Å². The van der Waals surface area contributed by atoms with Gasteiger partial charge in [-0.25, -0.2) is 0 Å². The quantitative estimate of drug-likeness (QED) is 0.679. The van der Waals surface area contributed by atoms with E-state index in [1.54, 1.807) is 0 Å². The van der Waals surface area contributed by atoms with Crippen LogP contribution in [0.5, 0.6) is 0 Å². The van der Waals surface area contributed by atoms with E-state index in [2.05, 4.69) is 17.1 Å². The molecule has 0 spiro atoms. The number of hydrogen-bond acceptors (Lipinski definition) is 2. The van der Waals surface area contributed by atoms with Gasteiger partial charge in [-0.15, -0.1) is 0 Å². The Labute approximate surface area is 136 Å². The van der Waals surface area contributed by atoms with Gasteiger partial charge in [0.05, 0.1) is 0 Å². The molecule has 0 atom stereocenters. The van der Waals surface area contributed by atoms with Crippen molar-refractivity contribution in [2.45, 2.75) is 32.8 Å². The van der Waals surface area contributed by atoms with Crippen LogP contribution in [0.2, 0.25) is 0 Å². The van der Waals surface area contributed by atoms with E-state index in [9.17, 15) is 4.79 Å². The van der Waals surface area contributed by atoms with Crippen molar-refractivity contribution in [3.8, 4) is 0 Å². The minimum atomic E-state index is -0.131. The third-order valence-electron chi connectivity index (χ3n) is 4.15. The van der Waals surface area contributed by atoms with Gasteiger partial charge in [0.1, 0.15) is 6.61 Å². The molecule has 0 unspecified atom stereocenters. The maximum atomic E-state index is 11.9. The fraction of sp³-hybridized carbons (Fsp3) is 0.250. The predicted molar refractivity (Wildman–Crippen MR) is 92.2 cm³/mol. The fourth-order valence-electron chi connectivity index (χ4n) is 2.76. The minimum Gasteiger partial charge on any atom is -0.461 e. The molecule has 2 aromatic carbocycles. The summed E-state index contributed by atoms with van der Waals surface area (Å²) < 4.78 is 5.37. The van der Waals surface area contributed by atoms with E-state index in [1.165, 1.54) is 10.9 Å². The molecule has 0 amide bonds. The maximum Gasteiger partial charge on any atom is 0.306 e. The molecule has 3 rings (SSSR count). The summed E-state index contributed by atoms with van der Waals surface area (Å²) in [4.78, 5) is 15.2. The zero-order chi connectivity index (χ0) is 16.1. The Hall–Kier alpha value is -2.55. The molecule has 0 radical (unpaired) electrons. The van der Waals surface area contributed by atoms with E-state index in [0.717, 1.165) is 29.5 Å². The van der Waals surface area contributed by atoms with Crippen molar-refractivity contribution in [3.63, 3.8) is 0 Å². The van der Waals surface area contributed by atoms with Gasteiger partial charge in [-0.3, -0.25) is 4.79 Å². The van der Waals surface area contributed by atoms with Crippen LogP contribution in [-0.2, 0) is 22.6 Å². The Morgan fingerprint density at radius 1 is 1.04 bits per heavy atom. The van der Waals surface area contributed by atoms with E-state index in [1.807, 2.05) is 49.5 Å². The van der Waals surface area contributed by atoms with Gasteiger partial charge < -0.3 is 9.72 Å². The van der Waals surface area contributed by atoms with Crippen LogP contribution in [0.3, 0.4) is 0 Å². The zero-order valence-electron chi connectivity index (χ0n) is 13.3. The number of benzene rings is 2. The van der Waals surface area contributed by atoms with Crippen molar-refractivity contribution >= 4 is 16.9 Å². The summed E-state index contributed by atoms with van der Waals surface area (Å²) in [6.07, 6.45) is 4.16. The molecule has 1 heterocycles. The third-order valence-corrected chi connectivity index (χ3v) is 4.15. The van der Waals surface area contributed by atoms with Gasteiger partial charge in [-0.05, 0) is 42.5 Å². The smallest absolute Gasteiger partial charge is 0.306 e. The fourth-order valence-corrected chi connectivity index (χ4v) is 2.76. The number of aromatic nitrogens is 1. The van der Waals surface area contributed by atoms with Crippen LogP contribution in [0.1, 0.15) is 29.5 Å². The summed E-state index contributed by atoms with van der Waals surface area (Å²) in [6.45, 7) is 2.39. The lowest BCUT2D eigenvalue weighted by Crippen LogP contribution is -2.05. The van der Waals surface area contributed by atoms with E-state index < -0.39 is 0 Å². The summed E-state index contributed by atoms with van der Waals surface area (Å²) in [7, 11) is 0. The van der Waals surface area contributed by atoms with Crippen LogP contribution >= 0.6 is 0 Å². The lowest BCUT2D eigenvalue weighted by Gasteiger charge is -2.07. The van der Waals surface area contributed by atoms with Gasteiger partial charge in [0.2, 0.25) is 0 Å². The highest BCUT2D eigenvalue weighted by atomic mass is 16.5. The molecular weight excluding hydrogens is 286 g/mol. The van der Waals surface area contributed by atoms with Crippen LogP contribution in [0.4, 0.5) is 0 Å². The largest absolute Gasteiger partial charge is 0.461 e. The Bertz CT molecular complexity index is 804. The number of fused-ring (bicyclic) bond motifs is 1. The molecule has 0 fully saturated rings. The number of esters is 1. The van der Waals surface area contributed by atoms with Crippen molar-refractivity contribution in [1.82, 2.24) is 4.98 Å². The number of carbonyl (C=O) groups excluding carboxylic acids is 1. The average molecular weight is 307 g/mol. The molecular formula is C20H21NO2. The van der Waals surface area contributed by atoms with Crippen LogP contribution in [-0.4, -0.2) is 11.0 Å². The van der Waals surface area contributed by atoms with Gasteiger partial charge in [-0.1, -0.05) is 42.5 Å². The highest BCUT2D eigenvalue weighted by Crippen LogP contribution is 2.19. The van der Waals surface area contributed by atoms with Crippen LogP contribution < -0.4 is 0 Å². The molecule has 0 bridgehead atoms. The summed E-state index contributed by atoms with van der Waals surface area (Å²) in [5, 5.41) is 1.24. The first kappa shape index (κ1) is 15.3. The number of H-pyrrole nitrogens is 1. The molecule has 0 saturated carbocycles. The van der Waals surface area contributed by atoms with Crippen LogP contribution in [0.25, 0.3) is 10.9 Å². The molecule has 1 aromatic heterocycles. The van der Waals surface area contributed by atoms with Crippen molar-refractivity contribution < 1.29 is 9.53 Å². The van der Waals surface area contributed by atoms with Gasteiger partial charge in [-0.2, -0.15) is 0 Å². The highest BCUT2D eigenvalue weighted by molar-refractivity contribution is 5.83. The van der Waals surface area contributed by atoms with Gasteiger partial charge in [0.15, 0.2) is 0 Å². The number of rotatable bonds is 6. The van der Waals surface area contributed by atoms with Crippen LogP contribution in [0.15, 0.2) is 54.7 Å². The summed E-state index contributed by atoms with van der Waals surface area (Å²) >= 11 is 0. The SMILES string of the molecule is Cc1ccccc1COC(=O)CCCc1c[nH]c2ccccc12. The monoisotopic (exact) mass is 307 g/mol. The van der Waals surface area contributed by atoms with Crippen LogP contribution in [0, 0.1) is 6.92 Å². The molecule has 0 aliphatic rings. The third kappa shape index (κ3) is 3.81. The van der Waals surface area contributed by atoms with E-state index in [-0.39, 0.29) is 5.97 Å². The highest BCUT2D eigenvalue weighted by Gasteiger charge is 2.07. The lowest BCUT2D eigenvalue weighted by atomic mass is 10.1. The maximum absolute atomic E-state index is 11.9. The topological polar surface area (TPSA) is 42.1 Å². The number of ether oxygens (including phenoxy) is 1. The second-order valence-corrected chi connectivity index (χ2v) is 5.80. The normalized spacial score (nSPS) is 10.8. The Kier molecular flexibility index (Phi) is 4.77. The van der Waals surface area contributed by atoms with E-state index in [0.29, 0.717) is 13.0 Å². The number of aryl methyl sites for hydroxylation is 2. The molecule has 3 heteroatoms. The second kappa shape index (κ2) is 7.14. The van der Waals surface area contributed by atoms with Crippen molar-refractivity contribution in [2.75, 3.05) is 0 Å². The first-order chi connectivity index (χ1) is 11.2. The summed E-state index contributed by atoms with van der Waals surface area (Å²) in [5.74, 6) is -0.131. The van der Waals surface area contributed by atoms with Gasteiger partial charge >= 0.3 is 5.97 Å². The standard InChI is InChI=1S/C20H21NO2/c1-15-7-2-3-8-17(15)14-23-20(22)12-6-9-16-13-21-19-11-5-4-10-18(16)19/h2-5,7-8,10-11,13,21H,6,9,12,14H2,1H3. The second-order valence-electron chi connectivity index (χ2n) is 5.80. The van der Waals surface area contributed by atoms with Crippen molar-refractivity contribution in [1.29, 1.82) is 0 Å². The molecule has 0 aliphatic carbocycles. The zero-order valence-corrected chi connectivity index (χ0v) is 13.3. The van der Waals surface area contributed by atoms with Gasteiger partial charge in [0.25, 0.3) is 0 Å². The predicted octanol–water partition coefficient (Wildman–Crippen LogP) is 4.54. The minimum absolute atomic E-state index is 0.131. The number of hydrogen-bond donors (Lipinski definition) is 1. The Morgan fingerprint density at radius 2 is 1.83 bits per heavy atom. The number of nitrogens with one attached hydrogen (secondary N) is 1. The van der Waals surface area contributed by atoms with E-state index in [4.69, 9.17) is 4.74 Å². The molecule has 0 aliphatic heterocycles. The molecule has 3 aromatic rings. The number of para-hydroxylation sites is 1. The first-order valence-electron chi connectivity index (χ1n) is 7.99. The number of aromatic amines is 1. The average Bonchev–Trinajstić information content (AvgIpc) is 2.98. The molecule has 1 N–H and O–H groups in total. The van der Waals surface area contributed by atoms with E-state index >= 15 is 0 Å². The van der Waals surface area contributed by atoms with Crippen molar-refractivity contribution in [2.24, 2.45) is 0 Å². The molecule has 23 heavy (non-hydrogen) atoms. The lowest BCUT2D eigenvalue weighted by molar-refractivity contribution is -0.145. The molecule has 3 nitrogen and oxygen atoms in total. The Balaban J connectivity index is 1.47. The Morgan fingerprint density at radius 3 is 2.70 bits per heavy atom. The summed E-state index contributed by atoms with van der Waals surface area (Å²) in [6, 6.07) is 16.2. The van der Waals surface area contributed by atoms with Gasteiger partial charge in [0, 0.05) is 23.5 Å². The first-order valence-corrected chi connectivity index (χ1v) is 7.99. The molecule has 118 valence electrons. The summed E-state index contributed by atoms with van der Waals surface area (Å²) in [5.41, 5.74) is 4.62. The molecule has 0 saturated heterocycles.